The van der Waals surface area contributed by atoms with Crippen molar-refractivity contribution >= 4 is 17.4 Å². The Morgan fingerprint density at radius 3 is 2.24 bits per heavy atom. The van der Waals surface area contributed by atoms with Crippen molar-refractivity contribution in [2.75, 3.05) is 6.54 Å². The normalized spacial score (nSPS) is 14.6. The Morgan fingerprint density at radius 2 is 1.68 bits per heavy atom. The van der Waals surface area contributed by atoms with E-state index in [-0.39, 0.29) is 0 Å². The van der Waals surface area contributed by atoms with Gasteiger partial charge in [0.1, 0.15) is 5.60 Å². The SMILES string of the molecule is CC(C)(C)OC(=O)N1CC=CC(c2ccccn2)=C1c1ccccn1. The molecule has 1 amide bonds. The van der Waals surface area contributed by atoms with E-state index >= 15 is 0 Å². The van der Waals surface area contributed by atoms with Crippen LogP contribution < -0.4 is 0 Å². The molecule has 0 saturated heterocycles. The maximum atomic E-state index is 12.8. The first-order valence-electron chi connectivity index (χ1n) is 8.20. The van der Waals surface area contributed by atoms with Gasteiger partial charge in [-0.2, -0.15) is 0 Å². The van der Waals surface area contributed by atoms with Gasteiger partial charge in [-0.15, -0.1) is 0 Å². The monoisotopic (exact) mass is 335 g/mol. The molecule has 5 heteroatoms. The summed E-state index contributed by atoms with van der Waals surface area (Å²) in [6.07, 6.45) is 6.96. The first-order chi connectivity index (χ1) is 12.0. The van der Waals surface area contributed by atoms with Gasteiger partial charge in [-0.25, -0.2) is 4.79 Å². The van der Waals surface area contributed by atoms with Crippen LogP contribution >= 0.6 is 0 Å². The number of allylic oxidation sites excluding steroid dienone is 2. The number of rotatable bonds is 2. The van der Waals surface area contributed by atoms with Crippen LogP contribution in [-0.4, -0.2) is 33.1 Å². The lowest BCUT2D eigenvalue weighted by Gasteiger charge is -2.31. The summed E-state index contributed by atoms with van der Waals surface area (Å²) < 4.78 is 5.58. The number of hydrogen-bond acceptors (Lipinski definition) is 4. The molecular weight excluding hydrogens is 314 g/mol. The Balaban J connectivity index is 2.12. The van der Waals surface area contributed by atoms with Crippen LogP contribution in [0.3, 0.4) is 0 Å². The third-order valence-corrected chi connectivity index (χ3v) is 3.56. The number of pyridine rings is 2. The standard InChI is InChI=1S/C20H21N3O2/c1-20(2,3)25-19(24)23-14-8-9-15(16-10-4-6-12-21-16)18(23)17-11-5-7-13-22-17/h4-13H,14H2,1-3H3. The Morgan fingerprint density at radius 1 is 1.04 bits per heavy atom. The highest BCUT2D eigenvalue weighted by Crippen LogP contribution is 2.32. The van der Waals surface area contributed by atoms with E-state index in [1.54, 1.807) is 17.3 Å². The second kappa shape index (κ2) is 6.89. The summed E-state index contributed by atoms with van der Waals surface area (Å²) in [5.74, 6) is 0. The van der Waals surface area contributed by atoms with Crippen molar-refractivity contribution in [1.29, 1.82) is 0 Å². The van der Waals surface area contributed by atoms with Crippen molar-refractivity contribution in [3.8, 4) is 0 Å². The van der Waals surface area contributed by atoms with Gasteiger partial charge >= 0.3 is 6.09 Å². The predicted octanol–water partition coefficient (Wildman–Crippen LogP) is 4.15. The fourth-order valence-electron chi connectivity index (χ4n) is 2.58. The van der Waals surface area contributed by atoms with Gasteiger partial charge in [-0.05, 0) is 45.0 Å². The minimum absolute atomic E-state index is 0.397. The second-order valence-electron chi connectivity index (χ2n) is 6.69. The predicted molar refractivity (Wildman–Crippen MR) is 97.4 cm³/mol. The van der Waals surface area contributed by atoms with Gasteiger partial charge in [0.25, 0.3) is 0 Å². The molecule has 2 aromatic heterocycles. The number of carbonyl (C=O) groups excluding carboxylic acids is 1. The first-order valence-corrected chi connectivity index (χ1v) is 8.20. The number of aromatic nitrogens is 2. The van der Waals surface area contributed by atoms with Gasteiger partial charge in [-0.1, -0.05) is 24.3 Å². The lowest BCUT2D eigenvalue weighted by Crippen LogP contribution is -2.37. The molecule has 0 aromatic carbocycles. The molecule has 5 nitrogen and oxygen atoms in total. The van der Waals surface area contributed by atoms with Gasteiger partial charge < -0.3 is 4.74 Å². The van der Waals surface area contributed by atoms with Crippen LogP contribution in [0.25, 0.3) is 11.3 Å². The van der Waals surface area contributed by atoms with E-state index in [2.05, 4.69) is 9.97 Å². The summed E-state index contributed by atoms with van der Waals surface area (Å²) in [5.41, 5.74) is 2.47. The number of amides is 1. The molecule has 0 bridgehead atoms. The Bertz CT molecular complexity index is 806. The Hall–Kier alpha value is -2.95. The number of nitrogens with zero attached hydrogens (tertiary/aromatic N) is 3. The molecule has 0 spiro atoms. The molecule has 2 aromatic rings. The largest absolute Gasteiger partial charge is 0.443 e. The fourth-order valence-corrected chi connectivity index (χ4v) is 2.58. The summed E-state index contributed by atoms with van der Waals surface area (Å²) in [7, 11) is 0. The summed E-state index contributed by atoms with van der Waals surface area (Å²) in [5, 5.41) is 0. The van der Waals surface area contributed by atoms with Crippen LogP contribution in [-0.2, 0) is 4.74 Å². The van der Waals surface area contributed by atoms with Gasteiger partial charge in [0.2, 0.25) is 0 Å². The average Bonchev–Trinajstić information content (AvgIpc) is 2.61. The molecule has 25 heavy (non-hydrogen) atoms. The van der Waals surface area contributed by atoms with E-state index < -0.39 is 11.7 Å². The minimum atomic E-state index is -0.571. The van der Waals surface area contributed by atoms with Crippen molar-refractivity contribution in [2.24, 2.45) is 0 Å². The van der Waals surface area contributed by atoms with E-state index in [1.807, 2.05) is 69.3 Å². The van der Waals surface area contributed by atoms with Crippen LogP contribution in [0.1, 0.15) is 32.2 Å². The minimum Gasteiger partial charge on any atom is -0.443 e. The highest BCUT2D eigenvalue weighted by Gasteiger charge is 2.29. The van der Waals surface area contributed by atoms with Crippen LogP contribution in [0, 0.1) is 0 Å². The van der Waals surface area contributed by atoms with Crippen molar-refractivity contribution < 1.29 is 9.53 Å². The van der Waals surface area contributed by atoms with Crippen molar-refractivity contribution in [1.82, 2.24) is 14.9 Å². The van der Waals surface area contributed by atoms with E-state index in [1.165, 1.54) is 0 Å². The lowest BCUT2D eigenvalue weighted by atomic mass is 10.0. The van der Waals surface area contributed by atoms with E-state index in [0.29, 0.717) is 17.9 Å². The third-order valence-electron chi connectivity index (χ3n) is 3.56. The molecule has 0 radical (unpaired) electrons. The molecule has 3 heterocycles. The number of carbonyl (C=O) groups is 1. The molecule has 128 valence electrons. The molecule has 0 N–H and O–H groups in total. The molecule has 0 fully saturated rings. The number of hydrogen-bond donors (Lipinski definition) is 0. The summed E-state index contributed by atoms with van der Waals surface area (Å²) >= 11 is 0. The average molecular weight is 335 g/mol. The zero-order valence-electron chi connectivity index (χ0n) is 14.6. The second-order valence-corrected chi connectivity index (χ2v) is 6.69. The van der Waals surface area contributed by atoms with E-state index in [0.717, 1.165) is 11.3 Å². The first kappa shape index (κ1) is 16.9. The van der Waals surface area contributed by atoms with Crippen molar-refractivity contribution in [3.05, 3.63) is 72.3 Å². The van der Waals surface area contributed by atoms with Crippen molar-refractivity contribution in [3.63, 3.8) is 0 Å². The maximum Gasteiger partial charge on any atom is 0.415 e. The van der Waals surface area contributed by atoms with Crippen molar-refractivity contribution in [2.45, 2.75) is 26.4 Å². The number of ether oxygens (including phenoxy) is 1. The zero-order chi connectivity index (χ0) is 17.9. The molecule has 0 unspecified atom stereocenters. The van der Waals surface area contributed by atoms with E-state index in [4.69, 9.17) is 4.74 Å². The Kier molecular flexibility index (Phi) is 4.65. The van der Waals surface area contributed by atoms with Crippen LogP contribution in [0.2, 0.25) is 0 Å². The van der Waals surface area contributed by atoms with Crippen LogP contribution in [0.15, 0.2) is 60.9 Å². The van der Waals surface area contributed by atoms with Gasteiger partial charge in [0.15, 0.2) is 0 Å². The molecule has 0 atom stereocenters. The van der Waals surface area contributed by atoms with Crippen LogP contribution in [0.4, 0.5) is 4.79 Å². The quantitative estimate of drug-likeness (QED) is 0.827. The topological polar surface area (TPSA) is 55.3 Å². The van der Waals surface area contributed by atoms with Gasteiger partial charge in [0, 0.05) is 24.5 Å². The van der Waals surface area contributed by atoms with Gasteiger partial charge in [0.05, 0.1) is 17.1 Å². The summed E-state index contributed by atoms with van der Waals surface area (Å²) in [6, 6.07) is 11.3. The molecule has 1 aliphatic rings. The molecule has 0 aliphatic carbocycles. The third kappa shape index (κ3) is 3.94. The molecule has 1 aliphatic heterocycles. The molecule has 0 saturated carbocycles. The van der Waals surface area contributed by atoms with Crippen LogP contribution in [0.5, 0.6) is 0 Å². The highest BCUT2D eigenvalue weighted by atomic mass is 16.6. The fraction of sp³-hybridized carbons (Fsp3) is 0.250. The maximum absolute atomic E-state index is 12.8. The summed E-state index contributed by atoms with van der Waals surface area (Å²) in [4.78, 5) is 23.2. The molecule has 3 rings (SSSR count). The van der Waals surface area contributed by atoms with Gasteiger partial charge in [-0.3, -0.25) is 14.9 Å². The smallest absolute Gasteiger partial charge is 0.415 e. The lowest BCUT2D eigenvalue weighted by molar-refractivity contribution is 0.0368. The Labute approximate surface area is 147 Å². The highest BCUT2D eigenvalue weighted by molar-refractivity contribution is 5.99. The molecular formula is C20H21N3O2. The zero-order valence-corrected chi connectivity index (χ0v) is 14.6. The van der Waals surface area contributed by atoms with E-state index in [9.17, 15) is 4.79 Å². The summed E-state index contributed by atoms with van der Waals surface area (Å²) in [6.45, 7) is 5.99.